The van der Waals surface area contributed by atoms with Gasteiger partial charge >= 0.3 is 5.97 Å². The predicted octanol–water partition coefficient (Wildman–Crippen LogP) is 3.83. The van der Waals surface area contributed by atoms with E-state index in [1.165, 1.54) is 30.3 Å². The molecule has 0 unspecified atom stereocenters. The third-order valence-electron chi connectivity index (χ3n) is 2.64. The zero-order valence-corrected chi connectivity index (χ0v) is 11.1. The Morgan fingerprint density at radius 3 is 2.52 bits per heavy atom. The van der Waals surface area contributed by atoms with E-state index in [-0.39, 0.29) is 27.6 Å². The Morgan fingerprint density at radius 2 is 1.95 bits per heavy atom. The van der Waals surface area contributed by atoms with Crippen molar-refractivity contribution in [3.8, 4) is 0 Å². The number of anilines is 2. The van der Waals surface area contributed by atoms with E-state index in [0.717, 1.165) is 6.07 Å². The normalized spacial score (nSPS) is 10.2. The Labute approximate surface area is 122 Å². The van der Waals surface area contributed by atoms with Crippen molar-refractivity contribution in [1.29, 1.82) is 0 Å². The second-order valence-electron chi connectivity index (χ2n) is 4.04. The van der Waals surface area contributed by atoms with Gasteiger partial charge in [0.05, 0.1) is 16.2 Å². The number of aromatic carboxylic acids is 1. The topological polar surface area (TPSA) is 92.5 Å². The van der Waals surface area contributed by atoms with Crippen molar-refractivity contribution in [2.75, 3.05) is 5.32 Å². The monoisotopic (exact) mass is 310 g/mol. The number of carboxylic acid groups (broad SMARTS) is 1. The summed E-state index contributed by atoms with van der Waals surface area (Å²) < 4.78 is 13.8. The number of nitrogens with one attached hydrogen (secondary N) is 1. The van der Waals surface area contributed by atoms with Crippen molar-refractivity contribution in [2.24, 2.45) is 0 Å². The Balaban J connectivity index is 2.40. The molecule has 0 heterocycles. The molecule has 0 aliphatic carbocycles. The second kappa shape index (κ2) is 5.76. The van der Waals surface area contributed by atoms with Gasteiger partial charge < -0.3 is 10.4 Å². The Bertz CT molecular complexity index is 736. The lowest BCUT2D eigenvalue weighted by atomic mass is 10.2. The first kappa shape index (κ1) is 14.7. The molecule has 2 aromatic rings. The summed E-state index contributed by atoms with van der Waals surface area (Å²) in [5.74, 6) is -2.11. The molecule has 0 spiro atoms. The molecular weight excluding hydrogens is 303 g/mol. The lowest BCUT2D eigenvalue weighted by molar-refractivity contribution is -0.383. The van der Waals surface area contributed by atoms with Gasteiger partial charge in [0.2, 0.25) is 0 Å². The maximum Gasteiger partial charge on any atom is 0.335 e. The average molecular weight is 311 g/mol. The molecule has 0 aliphatic heterocycles. The minimum atomic E-state index is -1.27. The van der Waals surface area contributed by atoms with E-state index in [9.17, 15) is 19.3 Å². The predicted molar refractivity (Wildman–Crippen MR) is 74.7 cm³/mol. The molecule has 0 fully saturated rings. The van der Waals surface area contributed by atoms with Crippen LogP contribution < -0.4 is 5.32 Å². The molecule has 0 radical (unpaired) electrons. The molecule has 0 saturated carbocycles. The number of carbonyl (C=O) groups is 1. The van der Waals surface area contributed by atoms with Crippen molar-refractivity contribution in [1.82, 2.24) is 0 Å². The number of hydrogen-bond donors (Lipinski definition) is 2. The van der Waals surface area contributed by atoms with Crippen LogP contribution in [0.5, 0.6) is 0 Å². The molecule has 2 aromatic carbocycles. The fraction of sp³-hybridized carbons (Fsp3) is 0. The zero-order chi connectivity index (χ0) is 15.6. The van der Waals surface area contributed by atoms with Crippen LogP contribution >= 0.6 is 11.6 Å². The third kappa shape index (κ3) is 3.26. The van der Waals surface area contributed by atoms with Gasteiger partial charge in [-0.15, -0.1) is 0 Å². The smallest absolute Gasteiger partial charge is 0.335 e. The highest BCUT2D eigenvalue weighted by molar-refractivity contribution is 6.31. The van der Waals surface area contributed by atoms with Crippen LogP contribution in [0.15, 0.2) is 36.4 Å². The average Bonchev–Trinajstić information content (AvgIpc) is 2.40. The van der Waals surface area contributed by atoms with Gasteiger partial charge in [-0.1, -0.05) is 11.6 Å². The van der Waals surface area contributed by atoms with Crippen LogP contribution in [0, 0.1) is 15.9 Å². The van der Waals surface area contributed by atoms with Crippen molar-refractivity contribution in [3.63, 3.8) is 0 Å². The van der Waals surface area contributed by atoms with E-state index in [0.29, 0.717) is 0 Å². The van der Waals surface area contributed by atoms with E-state index in [2.05, 4.69) is 5.32 Å². The minimum absolute atomic E-state index is 0.00877. The molecule has 21 heavy (non-hydrogen) atoms. The molecule has 0 aliphatic rings. The van der Waals surface area contributed by atoms with E-state index in [1.54, 1.807) is 0 Å². The Hall–Kier alpha value is -2.67. The number of nitro groups is 1. The summed E-state index contributed by atoms with van der Waals surface area (Å²) in [5, 5.41) is 22.4. The molecule has 2 N–H and O–H groups in total. The number of hydrogen-bond acceptors (Lipinski definition) is 4. The molecular formula is C13H8ClFN2O4. The van der Waals surface area contributed by atoms with Gasteiger partial charge in [-0.3, -0.25) is 10.1 Å². The van der Waals surface area contributed by atoms with E-state index >= 15 is 0 Å². The molecule has 0 bridgehead atoms. The van der Waals surface area contributed by atoms with Crippen molar-refractivity contribution >= 4 is 34.6 Å². The van der Waals surface area contributed by atoms with Gasteiger partial charge in [-0.25, -0.2) is 9.18 Å². The number of halogens is 2. The van der Waals surface area contributed by atoms with Crippen molar-refractivity contribution in [3.05, 3.63) is 62.9 Å². The summed E-state index contributed by atoms with van der Waals surface area (Å²) >= 11 is 5.76. The van der Waals surface area contributed by atoms with Crippen molar-refractivity contribution in [2.45, 2.75) is 0 Å². The zero-order valence-electron chi connectivity index (χ0n) is 10.3. The summed E-state index contributed by atoms with van der Waals surface area (Å²) in [7, 11) is 0. The standard InChI is InChI=1S/C13H8ClFN2O4/c14-8-2-4-12(17(20)21)11(6-8)16-10-3-1-7(13(18)19)5-9(10)15/h1-6,16H,(H,18,19). The fourth-order valence-electron chi connectivity index (χ4n) is 1.66. The van der Waals surface area contributed by atoms with Crippen LogP contribution in [0.3, 0.4) is 0 Å². The Kier molecular flexibility index (Phi) is 4.04. The number of benzene rings is 2. The molecule has 0 atom stereocenters. The number of rotatable bonds is 4. The van der Waals surface area contributed by atoms with Crippen LogP contribution in [0.1, 0.15) is 10.4 Å². The first-order valence-electron chi connectivity index (χ1n) is 5.62. The van der Waals surface area contributed by atoms with Gasteiger partial charge in [-0.2, -0.15) is 0 Å². The highest BCUT2D eigenvalue weighted by Crippen LogP contribution is 2.31. The first-order valence-corrected chi connectivity index (χ1v) is 6.00. The number of nitrogens with zero attached hydrogens (tertiary/aromatic N) is 1. The molecule has 0 saturated heterocycles. The van der Waals surface area contributed by atoms with E-state index in [4.69, 9.17) is 16.7 Å². The van der Waals surface area contributed by atoms with Gasteiger partial charge in [0.1, 0.15) is 11.5 Å². The second-order valence-corrected chi connectivity index (χ2v) is 4.48. The lowest BCUT2D eigenvalue weighted by Gasteiger charge is -2.09. The largest absolute Gasteiger partial charge is 0.478 e. The third-order valence-corrected chi connectivity index (χ3v) is 2.88. The quantitative estimate of drug-likeness (QED) is 0.661. The maximum atomic E-state index is 13.8. The summed E-state index contributed by atoms with van der Waals surface area (Å²) in [6, 6.07) is 7.00. The molecule has 6 nitrogen and oxygen atoms in total. The van der Waals surface area contributed by atoms with Crippen molar-refractivity contribution < 1.29 is 19.2 Å². The number of carboxylic acids is 1. The molecule has 0 aromatic heterocycles. The first-order chi connectivity index (χ1) is 9.88. The van der Waals surface area contributed by atoms with Crippen LogP contribution in [0.4, 0.5) is 21.5 Å². The molecule has 0 amide bonds. The van der Waals surface area contributed by atoms with Gasteiger partial charge in [-0.05, 0) is 30.3 Å². The van der Waals surface area contributed by atoms with Crippen LogP contribution in [0.2, 0.25) is 5.02 Å². The summed E-state index contributed by atoms with van der Waals surface area (Å²) in [4.78, 5) is 21.0. The Morgan fingerprint density at radius 1 is 1.24 bits per heavy atom. The van der Waals surface area contributed by atoms with Gasteiger partial charge in [0.15, 0.2) is 0 Å². The lowest BCUT2D eigenvalue weighted by Crippen LogP contribution is -2.01. The van der Waals surface area contributed by atoms with E-state index in [1.807, 2.05) is 0 Å². The highest BCUT2D eigenvalue weighted by Gasteiger charge is 2.16. The fourth-order valence-corrected chi connectivity index (χ4v) is 1.83. The molecule has 2 rings (SSSR count). The van der Waals surface area contributed by atoms with Crippen LogP contribution in [-0.4, -0.2) is 16.0 Å². The van der Waals surface area contributed by atoms with Crippen LogP contribution in [-0.2, 0) is 0 Å². The molecule has 108 valence electrons. The van der Waals surface area contributed by atoms with Gasteiger partial charge in [0, 0.05) is 11.1 Å². The molecule has 8 heteroatoms. The van der Waals surface area contributed by atoms with Gasteiger partial charge in [0.25, 0.3) is 5.69 Å². The summed E-state index contributed by atoms with van der Waals surface area (Å²) in [6.45, 7) is 0. The highest BCUT2D eigenvalue weighted by atomic mass is 35.5. The summed E-state index contributed by atoms with van der Waals surface area (Å²) in [6.07, 6.45) is 0. The number of nitro benzene ring substituents is 1. The SMILES string of the molecule is O=C(O)c1ccc(Nc2cc(Cl)ccc2[N+](=O)[O-])c(F)c1. The maximum absolute atomic E-state index is 13.8. The summed E-state index contributed by atoms with van der Waals surface area (Å²) in [5.41, 5.74) is -0.584. The minimum Gasteiger partial charge on any atom is -0.478 e. The van der Waals surface area contributed by atoms with E-state index < -0.39 is 16.7 Å². The van der Waals surface area contributed by atoms with Crippen LogP contribution in [0.25, 0.3) is 0 Å².